The summed E-state index contributed by atoms with van der Waals surface area (Å²) in [4.78, 5) is 12.1. The summed E-state index contributed by atoms with van der Waals surface area (Å²) in [7, 11) is 2.20. The first kappa shape index (κ1) is 14.9. The van der Waals surface area contributed by atoms with Gasteiger partial charge in [-0.3, -0.25) is 4.90 Å². The highest BCUT2D eigenvalue weighted by Gasteiger charge is 2.32. The number of fused-ring (bicyclic) bond motifs is 1. The fourth-order valence-electron chi connectivity index (χ4n) is 4.09. The lowest BCUT2D eigenvalue weighted by Crippen LogP contribution is -2.25. The Morgan fingerprint density at radius 1 is 1.13 bits per heavy atom. The van der Waals surface area contributed by atoms with E-state index in [1.54, 1.807) is 0 Å². The van der Waals surface area contributed by atoms with Crippen molar-refractivity contribution < 1.29 is 4.42 Å². The van der Waals surface area contributed by atoms with E-state index in [2.05, 4.69) is 21.5 Å². The third kappa shape index (κ3) is 2.61. The molecule has 1 aliphatic carbocycles. The molecule has 0 spiro atoms. The molecule has 0 radical (unpaired) electrons. The number of aryl methyl sites for hydroxylation is 3. The second-order valence-electron chi connectivity index (χ2n) is 7.01. The van der Waals surface area contributed by atoms with Crippen molar-refractivity contribution in [2.24, 2.45) is 7.05 Å². The first-order chi connectivity index (χ1) is 11.1. The number of imidazole rings is 1. The number of likely N-dealkylation sites (tertiary alicyclic amines) is 1. The Kier molecular flexibility index (Phi) is 3.76. The van der Waals surface area contributed by atoms with Crippen molar-refractivity contribution in [2.75, 3.05) is 6.54 Å². The minimum Gasteiger partial charge on any atom is -0.444 e. The topological polar surface area (TPSA) is 47.1 Å². The van der Waals surface area contributed by atoms with Crippen molar-refractivity contribution in [2.45, 2.75) is 65.0 Å². The minimum atomic E-state index is 0.401. The van der Waals surface area contributed by atoms with Crippen LogP contribution in [0.1, 0.15) is 66.3 Å². The molecule has 2 aromatic rings. The van der Waals surface area contributed by atoms with Gasteiger partial charge in [-0.25, -0.2) is 9.97 Å². The van der Waals surface area contributed by atoms with Crippen molar-refractivity contribution in [3.8, 4) is 0 Å². The monoisotopic (exact) mass is 314 g/mol. The summed E-state index contributed by atoms with van der Waals surface area (Å²) < 4.78 is 8.16. The van der Waals surface area contributed by atoms with E-state index in [9.17, 15) is 0 Å². The maximum absolute atomic E-state index is 5.79. The SMILES string of the molecule is Cc1nc(CN2CCCC2c2nc3c(n2C)CCCC3)oc1C. The van der Waals surface area contributed by atoms with Crippen LogP contribution in [0.15, 0.2) is 4.42 Å². The Hall–Kier alpha value is -1.62. The molecule has 23 heavy (non-hydrogen) atoms. The molecule has 3 heterocycles. The number of aromatic nitrogens is 3. The summed E-state index contributed by atoms with van der Waals surface area (Å²) in [5, 5.41) is 0. The van der Waals surface area contributed by atoms with E-state index in [1.165, 1.54) is 49.3 Å². The molecule has 5 heteroatoms. The minimum absolute atomic E-state index is 0.401. The molecule has 1 unspecified atom stereocenters. The zero-order valence-electron chi connectivity index (χ0n) is 14.4. The third-order valence-electron chi connectivity index (χ3n) is 5.48. The van der Waals surface area contributed by atoms with E-state index in [0.717, 1.165) is 36.9 Å². The molecule has 4 rings (SSSR count). The molecule has 0 amide bonds. The van der Waals surface area contributed by atoms with Crippen LogP contribution in [0, 0.1) is 13.8 Å². The lowest BCUT2D eigenvalue weighted by molar-refractivity contribution is 0.212. The van der Waals surface area contributed by atoms with E-state index in [-0.39, 0.29) is 0 Å². The molecular weight excluding hydrogens is 288 g/mol. The third-order valence-corrected chi connectivity index (χ3v) is 5.48. The van der Waals surface area contributed by atoms with E-state index in [4.69, 9.17) is 9.40 Å². The van der Waals surface area contributed by atoms with Crippen molar-refractivity contribution >= 4 is 0 Å². The summed E-state index contributed by atoms with van der Waals surface area (Å²) >= 11 is 0. The standard InChI is InChI=1S/C18H26N4O/c1-12-13(2)23-17(19-12)11-22-10-6-9-16(22)18-20-14-7-4-5-8-15(14)21(18)3/h16H,4-11H2,1-3H3. The van der Waals surface area contributed by atoms with Crippen LogP contribution in [-0.4, -0.2) is 26.0 Å². The maximum Gasteiger partial charge on any atom is 0.208 e. The number of hydrogen-bond acceptors (Lipinski definition) is 4. The highest BCUT2D eigenvalue weighted by molar-refractivity contribution is 5.22. The number of nitrogens with zero attached hydrogens (tertiary/aromatic N) is 4. The van der Waals surface area contributed by atoms with Crippen LogP contribution in [0.2, 0.25) is 0 Å². The van der Waals surface area contributed by atoms with Crippen LogP contribution < -0.4 is 0 Å². The lowest BCUT2D eigenvalue weighted by Gasteiger charge is -2.23. The van der Waals surface area contributed by atoms with Gasteiger partial charge in [0.25, 0.3) is 0 Å². The smallest absolute Gasteiger partial charge is 0.208 e. The quantitative estimate of drug-likeness (QED) is 0.872. The fraction of sp³-hybridized carbons (Fsp3) is 0.667. The summed E-state index contributed by atoms with van der Waals surface area (Å²) in [5.41, 5.74) is 3.80. The van der Waals surface area contributed by atoms with Crippen LogP contribution >= 0.6 is 0 Å². The largest absolute Gasteiger partial charge is 0.444 e. The molecule has 5 nitrogen and oxygen atoms in total. The van der Waals surface area contributed by atoms with Crippen LogP contribution in [0.25, 0.3) is 0 Å². The van der Waals surface area contributed by atoms with Gasteiger partial charge >= 0.3 is 0 Å². The van der Waals surface area contributed by atoms with Gasteiger partial charge in [0.05, 0.1) is 24.0 Å². The Bertz CT molecular complexity index is 695. The highest BCUT2D eigenvalue weighted by Crippen LogP contribution is 2.34. The van der Waals surface area contributed by atoms with Gasteiger partial charge in [0.1, 0.15) is 11.6 Å². The molecule has 2 aromatic heterocycles. The van der Waals surface area contributed by atoms with Crippen LogP contribution in [0.5, 0.6) is 0 Å². The van der Waals surface area contributed by atoms with Crippen molar-refractivity contribution in [3.05, 3.63) is 34.6 Å². The molecule has 1 aliphatic heterocycles. The van der Waals surface area contributed by atoms with Gasteiger partial charge in [0.15, 0.2) is 0 Å². The second-order valence-corrected chi connectivity index (χ2v) is 7.01. The zero-order chi connectivity index (χ0) is 16.0. The molecule has 2 aliphatic rings. The Balaban J connectivity index is 1.59. The van der Waals surface area contributed by atoms with E-state index in [0.29, 0.717) is 6.04 Å². The van der Waals surface area contributed by atoms with Gasteiger partial charge in [-0.1, -0.05) is 0 Å². The maximum atomic E-state index is 5.79. The van der Waals surface area contributed by atoms with Crippen LogP contribution in [0.3, 0.4) is 0 Å². The average molecular weight is 314 g/mol. The molecule has 1 atom stereocenters. The van der Waals surface area contributed by atoms with Crippen LogP contribution in [0.4, 0.5) is 0 Å². The molecule has 0 aromatic carbocycles. The fourth-order valence-corrected chi connectivity index (χ4v) is 4.09. The van der Waals surface area contributed by atoms with E-state index < -0.39 is 0 Å². The number of oxazole rings is 1. The second kappa shape index (κ2) is 5.78. The van der Waals surface area contributed by atoms with Crippen molar-refractivity contribution in [1.82, 2.24) is 19.4 Å². The Morgan fingerprint density at radius 2 is 1.96 bits per heavy atom. The number of rotatable bonds is 3. The summed E-state index contributed by atoms with van der Waals surface area (Å²) in [6, 6.07) is 0.401. The zero-order valence-corrected chi connectivity index (χ0v) is 14.4. The molecule has 0 bridgehead atoms. The first-order valence-electron chi connectivity index (χ1n) is 8.85. The molecule has 124 valence electrons. The average Bonchev–Trinajstić information content (AvgIpc) is 3.20. The van der Waals surface area contributed by atoms with Crippen molar-refractivity contribution in [3.63, 3.8) is 0 Å². The molecule has 0 N–H and O–H groups in total. The molecular formula is C18H26N4O. The van der Waals surface area contributed by atoms with Gasteiger partial charge in [-0.2, -0.15) is 0 Å². The predicted molar refractivity (Wildman–Crippen MR) is 88.2 cm³/mol. The summed E-state index contributed by atoms with van der Waals surface area (Å²) in [6.45, 7) is 5.89. The van der Waals surface area contributed by atoms with Gasteiger partial charge in [-0.05, 0) is 58.9 Å². The molecule has 1 fully saturated rings. The predicted octanol–water partition coefficient (Wildman–Crippen LogP) is 3.24. The Morgan fingerprint density at radius 3 is 2.70 bits per heavy atom. The van der Waals surface area contributed by atoms with Crippen molar-refractivity contribution in [1.29, 1.82) is 0 Å². The summed E-state index contributed by atoms with van der Waals surface area (Å²) in [6.07, 6.45) is 7.32. The lowest BCUT2D eigenvalue weighted by atomic mass is 10.0. The van der Waals surface area contributed by atoms with Crippen LogP contribution in [-0.2, 0) is 26.4 Å². The summed E-state index contributed by atoms with van der Waals surface area (Å²) in [5.74, 6) is 3.02. The normalized spacial score (nSPS) is 21.8. The van der Waals surface area contributed by atoms with Gasteiger partial charge in [0.2, 0.25) is 5.89 Å². The van der Waals surface area contributed by atoms with Gasteiger partial charge < -0.3 is 8.98 Å². The van der Waals surface area contributed by atoms with E-state index in [1.807, 2.05) is 13.8 Å². The van der Waals surface area contributed by atoms with Gasteiger partial charge in [-0.15, -0.1) is 0 Å². The highest BCUT2D eigenvalue weighted by atomic mass is 16.4. The first-order valence-corrected chi connectivity index (χ1v) is 8.85. The molecule has 0 saturated carbocycles. The van der Waals surface area contributed by atoms with E-state index >= 15 is 0 Å². The molecule has 1 saturated heterocycles. The number of hydrogen-bond donors (Lipinski definition) is 0. The Labute approximate surface area is 137 Å². The van der Waals surface area contributed by atoms with Gasteiger partial charge in [0, 0.05) is 12.7 Å².